The van der Waals surface area contributed by atoms with Crippen LogP contribution in [0.15, 0.2) is 12.1 Å². The van der Waals surface area contributed by atoms with Gasteiger partial charge in [0.1, 0.15) is 0 Å². The van der Waals surface area contributed by atoms with Crippen LogP contribution in [0.2, 0.25) is 0 Å². The Morgan fingerprint density at radius 1 is 1.33 bits per heavy atom. The molecule has 0 aliphatic rings. The number of Topliss-reactive ketones (excluding diaryl/α,β-unsaturated/α-hetero) is 1. The van der Waals surface area contributed by atoms with E-state index in [2.05, 4.69) is 51.2 Å². The smallest absolute Gasteiger partial charge is 0.160 e. The summed E-state index contributed by atoms with van der Waals surface area (Å²) < 4.78 is 2.19. The predicted octanol–water partition coefficient (Wildman–Crippen LogP) is 3.41. The van der Waals surface area contributed by atoms with Crippen LogP contribution in [0.5, 0.6) is 0 Å². The van der Waals surface area contributed by atoms with Gasteiger partial charge in [-0.05, 0) is 76.7 Å². The zero-order chi connectivity index (χ0) is 9.30. The van der Waals surface area contributed by atoms with Gasteiger partial charge in [0.15, 0.2) is 5.78 Å². The molecule has 0 aromatic heterocycles. The van der Waals surface area contributed by atoms with E-state index < -0.39 is 0 Å². The molecule has 0 amide bonds. The molecule has 0 N–H and O–H groups in total. The molecule has 0 saturated carbocycles. The fourth-order valence-corrected chi connectivity index (χ4v) is 2.45. The second-order valence-electron chi connectivity index (χ2n) is 2.64. The van der Waals surface area contributed by atoms with E-state index in [0.29, 0.717) is 0 Å². The summed E-state index contributed by atoms with van der Waals surface area (Å²) in [5.41, 5.74) is 2.01. The average molecular weight is 386 g/mol. The van der Waals surface area contributed by atoms with Crippen LogP contribution in [-0.4, -0.2) is 5.78 Å². The molecule has 64 valence electrons. The van der Waals surface area contributed by atoms with Crippen molar-refractivity contribution in [3.05, 3.63) is 30.4 Å². The van der Waals surface area contributed by atoms with Crippen LogP contribution in [0.1, 0.15) is 22.8 Å². The minimum absolute atomic E-state index is 0.140. The summed E-state index contributed by atoms with van der Waals surface area (Å²) in [6, 6.07) is 4.01. The Morgan fingerprint density at radius 2 is 1.92 bits per heavy atom. The van der Waals surface area contributed by atoms with E-state index in [1.165, 1.54) is 5.56 Å². The highest BCUT2D eigenvalue weighted by Crippen LogP contribution is 2.20. The summed E-state index contributed by atoms with van der Waals surface area (Å²) in [5, 5.41) is 0. The first-order chi connectivity index (χ1) is 5.52. The summed E-state index contributed by atoms with van der Waals surface area (Å²) >= 11 is 4.44. The van der Waals surface area contributed by atoms with Gasteiger partial charge in [-0.3, -0.25) is 4.79 Å². The zero-order valence-electron chi connectivity index (χ0n) is 6.82. The van der Waals surface area contributed by atoms with Gasteiger partial charge in [0.2, 0.25) is 0 Å². The standard InChI is InChI=1S/C9H8I2O/c1-5-3-7(10)4-8(6(2)12)9(5)11/h3-4H,1-2H3. The molecule has 1 aromatic rings. The first-order valence-electron chi connectivity index (χ1n) is 3.49. The Kier molecular flexibility index (Phi) is 3.51. The number of carbonyl (C=O) groups is 1. The van der Waals surface area contributed by atoms with Crippen LogP contribution >= 0.6 is 45.2 Å². The number of rotatable bonds is 1. The molecule has 1 aromatic carbocycles. The number of hydrogen-bond donors (Lipinski definition) is 0. The Bertz CT molecular complexity index is 332. The maximum Gasteiger partial charge on any atom is 0.160 e. The first kappa shape index (κ1) is 10.4. The minimum atomic E-state index is 0.140. The monoisotopic (exact) mass is 386 g/mol. The first-order valence-corrected chi connectivity index (χ1v) is 5.64. The molecular weight excluding hydrogens is 378 g/mol. The highest BCUT2D eigenvalue weighted by atomic mass is 127. The van der Waals surface area contributed by atoms with Crippen molar-refractivity contribution in [3.63, 3.8) is 0 Å². The summed E-state index contributed by atoms with van der Waals surface area (Å²) in [6.45, 7) is 3.63. The van der Waals surface area contributed by atoms with Crippen molar-refractivity contribution < 1.29 is 4.79 Å². The number of halogens is 2. The Labute approximate surface area is 99.2 Å². The molecule has 0 fully saturated rings. The van der Waals surface area contributed by atoms with Crippen LogP contribution in [0.25, 0.3) is 0 Å². The summed E-state index contributed by atoms with van der Waals surface area (Å²) in [4.78, 5) is 11.2. The molecule has 1 rings (SSSR count). The molecule has 0 atom stereocenters. The highest BCUT2D eigenvalue weighted by Gasteiger charge is 2.07. The maximum absolute atomic E-state index is 11.2. The summed E-state index contributed by atoms with van der Waals surface area (Å²) in [6.07, 6.45) is 0. The fraction of sp³-hybridized carbons (Fsp3) is 0.222. The van der Waals surface area contributed by atoms with Crippen molar-refractivity contribution in [3.8, 4) is 0 Å². The van der Waals surface area contributed by atoms with Gasteiger partial charge in [-0.25, -0.2) is 0 Å². The third-order valence-corrected chi connectivity index (χ3v) is 3.65. The number of aryl methyl sites for hydroxylation is 1. The number of hydrogen-bond acceptors (Lipinski definition) is 1. The van der Waals surface area contributed by atoms with Crippen molar-refractivity contribution in [2.24, 2.45) is 0 Å². The Balaban J connectivity index is 3.37. The van der Waals surface area contributed by atoms with E-state index in [-0.39, 0.29) is 5.78 Å². The van der Waals surface area contributed by atoms with Crippen molar-refractivity contribution in [2.45, 2.75) is 13.8 Å². The van der Waals surface area contributed by atoms with Gasteiger partial charge in [0.25, 0.3) is 0 Å². The average Bonchev–Trinajstić information content (AvgIpc) is 1.96. The molecule has 0 heterocycles. The fourth-order valence-electron chi connectivity index (χ4n) is 0.982. The van der Waals surface area contributed by atoms with E-state index in [9.17, 15) is 4.79 Å². The minimum Gasteiger partial charge on any atom is -0.294 e. The molecule has 0 spiro atoms. The van der Waals surface area contributed by atoms with Gasteiger partial charge in [0, 0.05) is 12.7 Å². The van der Waals surface area contributed by atoms with Crippen LogP contribution < -0.4 is 0 Å². The summed E-state index contributed by atoms with van der Waals surface area (Å²) in [5.74, 6) is 0.140. The molecule has 0 aliphatic heterocycles. The predicted molar refractivity (Wildman–Crippen MR) is 66.6 cm³/mol. The molecule has 12 heavy (non-hydrogen) atoms. The largest absolute Gasteiger partial charge is 0.294 e. The number of ketones is 1. The number of benzene rings is 1. The van der Waals surface area contributed by atoms with E-state index >= 15 is 0 Å². The maximum atomic E-state index is 11.2. The molecule has 0 radical (unpaired) electrons. The quantitative estimate of drug-likeness (QED) is 0.535. The second-order valence-corrected chi connectivity index (χ2v) is 4.96. The van der Waals surface area contributed by atoms with E-state index in [1.807, 2.05) is 13.0 Å². The van der Waals surface area contributed by atoms with E-state index in [1.54, 1.807) is 6.92 Å². The Morgan fingerprint density at radius 3 is 2.42 bits per heavy atom. The van der Waals surface area contributed by atoms with Crippen LogP contribution in [-0.2, 0) is 0 Å². The molecule has 0 aliphatic carbocycles. The van der Waals surface area contributed by atoms with Gasteiger partial charge in [-0.2, -0.15) is 0 Å². The molecule has 0 saturated heterocycles. The van der Waals surface area contributed by atoms with Gasteiger partial charge in [-0.15, -0.1) is 0 Å². The third-order valence-electron chi connectivity index (χ3n) is 1.60. The SMILES string of the molecule is CC(=O)c1cc(I)cc(C)c1I. The number of carbonyl (C=O) groups excluding carboxylic acids is 1. The van der Waals surface area contributed by atoms with E-state index in [4.69, 9.17) is 0 Å². The van der Waals surface area contributed by atoms with Crippen LogP contribution in [0.3, 0.4) is 0 Å². The molecular formula is C9H8I2O. The normalized spacial score (nSPS) is 10.0. The van der Waals surface area contributed by atoms with Crippen molar-refractivity contribution in [1.82, 2.24) is 0 Å². The lowest BCUT2D eigenvalue weighted by Crippen LogP contribution is -1.98. The molecule has 3 heteroatoms. The Hall–Kier alpha value is 0.350. The zero-order valence-corrected chi connectivity index (χ0v) is 11.1. The topological polar surface area (TPSA) is 17.1 Å². The van der Waals surface area contributed by atoms with Gasteiger partial charge < -0.3 is 0 Å². The lowest BCUT2D eigenvalue weighted by molar-refractivity contribution is 0.101. The highest BCUT2D eigenvalue weighted by molar-refractivity contribution is 14.1. The van der Waals surface area contributed by atoms with Crippen molar-refractivity contribution >= 4 is 51.0 Å². The van der Waals surface area contributed by atoms with Crippen molar-refractivity contribution in [1.29, 1.82) is 0 Å². The van der Waals surface area contributed by atoms with Crippen LogP contribution in [0, 0.1) is 14.1 Å². The molecule has 0 unspecified atom stereocenters. The summed E-state index contributed by atoms with van der Waals surface area (Å²) in [7, 11) is 0. The van der Waals surface area contributed by atoms with Crippen LogP contribution in [0.4, 0.5) is 0 Å². The van der Waals surface area contributed by atoms with E-state index in [0.717, 1.165) is 12.7 Å². The second kappa shape index (κ2) is 4.04. The lowest BCUT2D eigenvalue weighted by Gasteiger charge is -2.04. The lowest BCUT2D eigenvalue weighted by atomic mass is 10.1. The molecule has 1 nitrogen and oxygen atoms in total. The van der Waals surface area contributed by atoms with Crippen molar-refractivity contribution in [2.75, 3.05) is 0 Å². The van der Waals surface area contributed by atoms with Gasteiger partial charge >= 0.3 is 0 Å². The molecule has 0 bridgehead atoms. The van der Waals surface area contributed by atoms with Gasteiger partial charge in [0.05, 0.1) is 0 Å². The third kappa shape index (κ3) is 2.18. The van der Waals surface area contributed by atoms with Gasteiger partial charge in [-0.1, -0.05) is 0 Å².